The van der Waals surface area contributed by atoms with Crippen molar-refractivity contribution >= 4 is 39.2 Å². The minimum Gasteiger partial charge on any atom is -0.481 e. The average Bonchev–Trinajstić information content (AvgIpc) is 2.71. The fraction of sp³-hybridized carbons (Fsp3) is 0.273. The van der Waals surface area contributed by atoms with Gasteiger partial charge in [0.2, 0.25) is 5.91 Å². The van der Waals surface area contributed by atoms with Crippen molar-refractivity contribution < 1.29 is 19.6 Å². The SMILES string of the molecule is O=C(O)C1CC(=O)N(c2ccc([N+](=O)[O-])cc2Br)C1. The van der Waals surface area contributed by atoms with Crippen molar-refractivity contribution in [3.63, 3.8) is 0 Å². The number of benzene rings is 1. The maximum atomic E-state index is 11.8. The zero-order valence-electron chi connectivity index (χ0n) is 9.58. The normalized spacial score (nSPS) is 18.7. The van der Waals surface area contributed by atoms with Crippen LogP contribution in [0.4, 0.5) is 11.4 Å². The summed E-state index contributed by atoms with van der Waals surface area (Å²) in [5.74, 6) is -2.06. The molecule has 1 aliphatic rings. The first-order chi connectivity index (χ1) is 8.90. The number of anilines is 1. The Bertz CT molecular complexity index is 574. The molecular formula is C11H9BrN2O5. The number of carbonyl (C=O) groups is 2. The molecule has 1 atom stereocenters. The van der Waals surface area contributed by atoms with Gasteiger partial charge in [0.15, 0.2) is 0 Å². The van der Waals surface area contributed by atoms with Gasteiger partial charge in [-0.25, -0.2) is 0 Å². The second-order valence-corrected chi connectivity index (χ2v) is 4.99. The van der Waals surface area contributed by atoms with Crippen molar-refractivity contribution in [1.82, 2.24) is 0 Å². The van der Waals surface area contributed by atoms with E-state index in [1.54, 1.807) is 0 Å². The predicted molar refractivity (Wildman–Crippen MR) is 68.9 cm³/mol. The number of amides is 1. The molecule has 7 nitrogen and oxygen atoms in total. The van der Waals surface area contributed by atoms with Crippen LogP contribution < -0.4 is 4.90 Å². The van der Waals surface area contributed by atoms with Crippen molar-refractivity contribution in [3.05, 3.63) is 32.8 Å². The molecule has 19 heavy (non-hydrogen) atoms. The molecule has 0 aliphatic carbocycles. The molecule has 0 spiro atoms. The van der Waals surface area contributed by atoms with Crippen LogP contribution in [0.5, 0.6) is 0 Å². The van der Waals surface area contributed by atoms with Crippen LogP contribution in [-0.4, -0.2) is 28.5 Å². The molecule has 1 aliphatic heterocycles. The van der Waals surface area contributed by atoms with Gasteiger partial charge >= 0.3 is 5.97 Å². The van der Waals surface area contributed by atoms with E-state index in [9.17, 15) is 19.7 Å². The largest absolute Gasteiger partial charge is 0.481 e. The Hall–Kier alpha value is -1.96. The maximum Gasteiger partial charge on any atom is 0.308 e. The number of hydrogen-bond donors (Lipinski definition) is 1. The Morgan fingerprint density at radius 2 is 2.21 bits per heavy atom. The number of carboxylic acids is 1. The van der Waals surface area contributed by atoms with E-state index in [2.05, 4.69) is 15.9 Å². The van der Waals surface area contributed by atoms with Crippen LogP contribution in [0.1, 0.15) is 6.42 Å². The van der Waals surface area contributed by atoms with Gasteiger partial charge in [0.25, 0.3) is 5.69 Å². The average molecular weight is 329 g/mol. The molecule has 1 fully saturated rings. The van der Waals surface area contributed by atoms with Crippen LogP contribution in [0.15, 0.2) is 22.7 Å². The predicted octanol–water partition coefficient (Wildman–Crippen LogP) is 1.79. The summed E-state index contributed by atoms with van der Waals surface area (Å²) in [6.07, 6.45) is -0.0568. The van der Waals surface area contributed by atoms with Gasteiger partial charge in [-0.2, -0.15) is 0 Å². The number of non-ortho nitro benzene ring substituents is 1. The zero-order chi connectivity index (χ0) is 14.2. The first kappa shape index (κ1) is 13.5. The van der Waals surface area contributed by atoms with E-state index in [0.29, 0.717) is 10.2 Å². The van der Waals surface area contributed by atoms with Crippen LogP contribution in [0.2, 0.25) is 0 Å². The molecule has 1 unspecified atom stereocenters. The highest BCUT2D eigenvalue weighted by Gasteiger charge is 2.36. The lowest BCUT2D eigenvalue weighted by atomic mass is 10.1. The minimum absolute atomic E-state index is 0.0568. The van der Waals surface area contributed by atoms with Gasteiger partial charge < -0.3 is 10.0 Å². The summed E-state index contributed by atoms with van der Waals surface area (Å²) in [5.41, 5.74) is 0.344. The van der Waals surface area contributed by atoms with Crippen LogP contribution in [0, 0.1) is 16.0 Å². The van der Waals surface area contributed by atoms with Gasteiger partial charge in [0.1, 0.15) is 0 Å². The number of aliphatic carboxylic acids is 1. The fourth-order valence-corrected chi connectivity index (χ4v) is 2.51. The van der Waals surface area contributed by atoms with Crippen LogP contribution in [0.3, 0.4) is 0 Å². The lowest BCUT2D eigenvalue weighted by Crippen LogP contribution is -2.26. The first-order valence-electron chi connectivity index (χ1n) is 5.37. The van der Waals surface area contributed by atoms with Gasteiger partial charge in [-0.1, -0.05) is 0 Å². The van der Waals surface area contributed by atoms with E-state index in [-0.39, 0.29) is 24.6 Å². The fourth-order valence-electron chi connectivity index (χ4n) is 1.93. The molecule has 1 heterocycles. The number of nitro groups is 1. The van der Waals surface area contributed by atoms with Gasteiger partial charge in [-0.3, -0.25) is 19.7 Å². The Labute approximate surface area is 116 Å². The van der Waals surface area contributed by atoms with Crippen molar-refractivity contribution in [1.29, 1.82) is 0 Å². The molecule has 8 heteroatoms. The summed E-state index contributed by atoms with van der Waals surface area (Å²) in [7, 11) is 0. The summed E-state index contributed by atoms with van der Waals surface area (Å²) in [4.78, 5) is 34.0. The third-order valence-corrected chi connectivity index (χ3v) is 3.54. The summed E-state index contributed by atoms with van der Waals surface area (Å²) in [6.45, 7) is 0.0740. The Kier molecular flexibility index (Phi) is 3.52. The minimum atomic E-state index is -1.02. The molecular weight excluding hydrogens is 320 g/mol. The third-order valence-electron chi connectivity index (χ3n) is 2.91. The molecule has 1 amide bonds. The number of nitrogens with zero attached hydrogens (tertiary/aromatic N) is 2. The maximum absolute atomic E-state index is 11.8. The molecule has 0 bridgehead atoms. The summed E-state index contributed by atoms with van der Waals surface area (Å²) in [6, 6.07) is 4.00. The van der Waals surface area contributed by atoms with E-state index in [1.165, 1.54) is 23.1 Å². The van der Waals surface area contributed by atoms with Gasteiger partial charge in [-0.15, -0.1) is 0 Å². The third kappa shape index (κ3) is 2.58. The molecule has 1 aromatic carbocycles. The van der Waals surface area contributed by atoms with Gasteiger partial charge in [0.05, 0.1) is 16.5 Å². The highest BCUT2D eigenvalue weighted by Crippen LogP contribution is 2.34. The van der Waals surface area contributed by atoms with Crippen molar-refractivity contribution in [2.75, 3.05) is 11.4 Å². The smallest absolute Gasteiger partial charge is 0.308 e. The first-order valence-corrected chi connectivity index (χ1v) is 6.16. The van der Waals surface area contributed by atoms with Crippen LogP contribution >= 0.6 is 15.9 Å². The second-order valence-electron chi connectivity index (χ2n) is 4.14. The zero-order valence-corrected chi connectivity index (χ0v) is 11.2. The topological polar surface area (TPSA) is 101 Å². The van der Waals surface area contributed by atoms with Crippen LogP contribution in [-0.2, 0) is 9.59 Å². The van der Waals surface area contributed by atoms with Crippen LogP contribution in [0.25, 0.3) is 0 Å². The highest BCUT2D eigenvalue weighted by molar-refractivity contribution is 9.10. The molecule has 0 radical (unpaired) electrons. The lowest BCUT2D eigenvalue weighted by molar-refractivity contribution is -0.384. The van der Waals surface area contributed by atoms with E-state index in [0.717, 1.165) is 0 Å². The van der Waals surface area contributed by atoms with E-state index >= 15 is 0 Å². The molecule has 1 N–H and O–H groups in total. The second kappa shape index (κ2) is 4.96. The Morgan fingerprint density at radius 1 is 1.53 bits per heavy atom. The molecule has 0 saturated carbocycles. The monoisotopic (exact) mass is 328 g/mol. The summed E-state index contributed by atoms with van der Waals surface area (Å²) >= 11 is 3.16. The number of carbonyl (C=O) groups excluding carboxylic acids is 1. The quantitative estimate of drug-likeness (QED) is 0.673. The van der Waals surface area contributed by atoms with Gasteiger partial charge in [-0.05, 0) is 22.0 Å². The molecule has 0 aromatic heterocycles. The van der Waals surface area contributed by atoms with Gasteiger partial charge in [0, 0.05) is 29.6 Å². The Balaban J connectivity index is 2.30. The molecule has 2 rings (SSSR count). The molecule has 1 saturated heterocycles. The number of hydrogen-bond acceptors (Lipinski definition) is 4. The highest BCUT2D eigenvalue weighted by atomic mass is 79.9. The van der Waals surface area contributed by atoms with E-state index in [1.807, 2.05) is 0 Å². The summed E-state index contributed by atoms with van der Waals surface area (Å²) in [5, 5.41) is 19.5. The summed E-state index contributed by atoms with van der Waals surface area (Å²) < 4.78 is 0.390. The van der Waals surface area contributed by atoms with Crippen molar-refractivity contribution in [2.45, 2.75) is 6.42 Å². The molecule has 100 valence electrons. The standard InChI is InChI=1S/C11H9BrN2O5/c12-8-4-7(14(18)19)1-2-9(8)13-5-6(11(16)17)3-10(13)15/h1-2,4,6H,3,5H2,(H,16,17). The van der Waals surface area contributed by atoms with Crippen molar-refractivity contribution in [3.8, 4) is 0 Å². The number of rotatable bonds is 3. The molecule has 1 aromatic rings. The lowest BCUT2D eigenvalue weighted by Gasteiger charge is -2.17. The number of carboxylic acid groups (broad SMARTS) is 1. The van der Waals surface area contributed by atoms with E-state index < -0.39 is 16.8 Å². The number of halogens is 1. The Morgan fingerprint density at radius 3 is 2.68 bits per heavy atom. The van der Waals surface area contributed by atoms with E-state index in [4.69, 9.17) is 5.11 Å². The van der Waals surface area contributed by atoms with Crippen molar-refractivity contribution in [2.24, 2.45) is 5.92 Å². The number of nitro benzene ring substituents is 1.